The summed E-state index contributed by atoms with van der Waals surface area (Å²) in [5.41, 5.74) is 0. The van der Waals surface area contributed by atoms with Gasteiger partial charge in [0.25, 0.3) is 0 Å². The lowest BCUT2D eigenvalue weighted by Gasteiger charge is -2.21. The minimum absolute atomic E-state index is 1.87. The standard InChI is InChI=1S/C6HClF10/c7-4(11,6(15,16)17)2(8)1-3(9,10)5(12,13)14/h1H. The number of allylic oxidation sites excluding steroid dienone is 2. The van der Waals surface area contributed by atoms with Crippen LogP contribution < -0.4 is 0 Å². The molecule has 11 heteroatoms. The van der Waals surface area contributed by atoms with Gasteiger partial charge in [0.2, 0.25) is 0 Å². The number of hydrogen-bond acceptors (Lipinski definition) is 0. The van der Waals surface area contributed by atoms with Crippen molar-refractivity contribution in [3.8, 4) is 0 Å². The van der Waals surface area contributed by atoms with Crippen molar-refractivity contribution in [2.24, 2.45) is 0 Å². The predicted octanol–water partition coefficient (Wildman–Crippen LogP) is 4.50. The Labute approximate surface area is 91.8 Å². The summed E-state index contributed by atoms with van der Waals surface area (Å²) in [4.78, 5) is 0. The maximum atomic E-state index is 12.4. The first-order valence-electron chi connectivity index (χ1n) is 3.41. The van der Waals surface area contributed by atoms with Gasteiger partial charge in [-0.2, -0.15) is 35.1 Å². The fourth-order valence-corrected chi connectivity index (χ4v) is 0.522. The van der Waals surface area contributed by atoms with Crippen LogP contribution >= 0.6 is 11.6 Å². The topological polar surface area (TPSA) is 0 Å². The Morgan fingerprint density at radius 1 is 0.765 bits per heavy atom. The highest BCUT2D eigenvalue weighted by Gasteiger charge is 2.62. The Morgan fingerprint density at radius 2 is 1.12 bits per heavy atom. The van der Waals surface area contributed by atoms with Gasteiger partial charge in [0.05, 0.1) is 0 Å². The average Bonchev–Trinajstić information content (AvgIpc) is 1.98. The van der Waals surface area contributed by atoms with Crippen molar-refractivity contribution in [2.45, 2.75) is 23.4 Å². The molecule has 0 amide bonds. The quantitative estimate of drug-likeness (QED) is 0.520. The van der Waals surface area contributed by atoms with E-state index in [1.165, 1.54) is 0 Å². The third-order valence-corrected chi connectivity index (χ3v) is 1.74. The molecule has 0 heterocycles. The van der Waals surface area contributed by atoms with E-state index in [1.54, 1.807) is 0 Å². The first kappa shape index (κ1) is 16.3. The molecule has 0 aromatic rings. The number of hydrogen-bond donors (Lipinski definition) is 0. The van der Waals surface area contributed by atoms with Gasteiger partial charge in [-0.15, -0.1) is 0 Å². The third-order valence-electron chi connectivity index (χ3n) is 1.34. The largest absolute Gasteiger partial charge is 0.457 e. The molecular formula is C6HClF10. The summed E-state index contributed by atoms with van der Waals surface area (Å²) in [5.74, 6) is -9.47. The maximum absolute atomic E-state index is 12.4. The molecule has 0 radical (unpaired) electrons. The van der Waals surface area contributed by atoms with Crippen molar-refractivity contribution in [3.05, 3.63) is 11.9 Å². The summed E-state index contributed by atoms with van der Waals surface area (Å²) < 4.78 is 118. The molecule has 0 aromatic carbocycles. The lowest BCUT2D eigenvalue weighted by atomic mass is 10.2. The lowest BCUT2D eigenvalue weighted by molar-refractivity contribution is -0.260. The predicted molar refractivity (Wildman–Crippen MR) is 35.9 cm³/mol. The van der Waals surface area contributed by atoms with Gasteiger partial charge < -0.3 is 0 Å². The molecule has 0 aromatic heterocycles. The fraction of sp³-hybridized carbons (Fsp3) is 0.667. The molecule has 0 nitrogen and oxygen atoms in total. The first-order chi connectivity index (χ1) is 7.13. The minimum atomic E-state index is -6.37. The second-order valence-electron chi connectivity index (χ2n) is 2.69. The zero-order chi connectivity index (χ0) is 14.3. The van der Waals surface area contributed by atoms with Crippen molar-refractivity contribution >= 4 is 11.6 Å². The molecule has 0 aliphatic rings. The summed E-state index contributed by atoms with van der Waals surface area (Å²) in [6.07, 6.45) is -14.4. The van der Waals surface area contributed by atoms with Crippen LogP contribution in [-0.4, -0.2) is 23.4 Å². The molecule has 0 bridgehead atoms. The van der Waals surface area contributed by atoms with E-state index in [2.05, 4.69) is 11.6 Å². The Balaban J connectivity index is 5.40. The van der Waals surface area contributed by atoms with Gasteiger partial charge >= 0.3 is 23.4 Å². The molecule has 102 valence electrons. The van der Waals surface area contributed by atoms with Crippen molar-refractivity contribution in [3.63, 3.8) is 0 Å². The van der Waals surface area contributed by atoms with Crippen LogP contribution in [0, 0.1) is 0 Å². The summed E-state index contributed by atoms with van der Waals surface area (Å²) in [5, 5.41) is -5.44. The molecule has 0 aliphatic carbocycles. The van der Waals surface area contributed by atoms with Crippen LogP contribution in [0.3, 0.4) is 0 Å². The molecule has 1 unspecified atom stereocenters. The van der Waals surface area contributed by atoms with Crippen LogP contribution in [0.5, 0.6) is 0 Å². The van der Waals surface area contributed by atoms with Crippen molar-refractivity contribution in [2.75, 3.05) is 0 Å². The van der Waals surface area contributed by atoms with Gasteiger partial charge in [-0.05, 0) is 0 Å². The van der Waals surface area contributed by atoms with E-state index in [0.29, 0.717) is 0 Å². The normalized spacial score (nSPS) is 19.1. The van der Waals surface area contributed by atoms with Crippen LogP contribution in [0.25, 0.3) is 0 Å². The Bertz CT molecular complexity index is 308. The summed E-state index contributed by atoms with van der Waals surface area (Å²) in [6.45, 7) is 0. The van der Waals surface area contributed by atoms with Crippen molar-refractivity contribution in [1.29, 1.82) is 0 Å². The van der Waals surface area contributed by atoms with Gasteiger partial charge in [0, 0.05) is 6.08 Å². The highest BCUT2D eigenvalue weighted by molar-refractivity contribution is 6.25. The van der Waals surface area contributed by atoms with Crippen molar-refractivity contribution in [1.82, 2.24) is 0 Å². The second-order valence-corrected chi connectivity index (χ2v) is 3.21. The molecule has 0 spiro atoms. The molecule has 0 rings (SSSR count). The molecule has 0 saturated heterocycles. The van der Waals surface area contributed by atoms with Crippen LogP contribution in [0.1, 0.15) is 0 Å². The second kappa shape index (κ2) is 4.21. The third kappa shape index (κ3) is 3.39. The van der Waals surface area contributed by atoms with Crippen molar-refractivity contribution < 1.29 is 43.9 Å². The number of halogens is 11. The molecule has 17 heavy (non-hydrogen) atoms. The highest BCUT2D eigenvalue weighted by atomic mass is 35.5. The zero-order valence-corrected chi connectivity index (χ0v) is 7.99. The minimum Gasteiger partial charge on any atom is -0.208 e. The van der Waals surface area contributed by atoms with E-state index in [9.17, 15) is 43.9 Å². The van der Waals surface area contributed by atoms with E-state index >= 15 is 0 Å². The molecule has 0 aliphatic heterocycles. The maximum Gasteiger partial charge on any atom is 0.457 e. The molecule has 0 fully saturated rings. The molecule has 0 N–H and O–H groups in total. The Morgan fingerprint density at radius 3 is 1.35 bits per heavy atom. The first-order valence-corrected chi connectivity index (χ1v) is 3.78. The Kier molecular flexibility index (Phi) is 4.05. The number of rotatable bonds is 2. The molecule has 1 atom stereocenters. The molecule has 0 saturated carbocycles. The van der Waals surface area contributed by atoms with Gasteiger partial charge in [0.15, 0.2) is 5.83 Å². The van der Waals surface area contributed by atoms with E-state index < -0.39 is 35.3 Å². The average molecular weight is 299 g/mol. The van der Waals surface area contributed by atoms with Crippen LogP contribution in [0.15, 0.2) is 11.9 Å². The fourth-order valence-electron chi connectivity index (χ4n) is 0.467. The summed E-state index contributed by atoms with van der Waals surface area (Å²) in [6, 6.07) is 0. The van der Waals surface area contributed by atoms with Crippen LogP contribution in [0.4, 0.5) is 43.9 Å². The van der Waals surface area contributed by atoms with E-state index in [4.69, 9.17) is 0 Å². The lowest BCUT2D eigenvalue weighted by Crippen LogP contribution is -2.39. The van der Waals surface area contributed by atoms with Gasteiger partial charge in [-0.25, -0.2) is 8.78 Å². The SMILES string of the molecule is FC(=CC(F)(F)C(F)(F)F)C(F)(Cl)C(F)(F)F. The van der Waals surface area contributed by atoms with Gasteiger partial charge in [-0.3, -0.25) is 0 Å². The highest BCUT2D eigenvalue weighted by Crippen LogP contribution is 2.46. The van der Waals surface area contributed by atoms with Gasteiger partial charge in [0.1, 0.15) is 0 Å². The summed E-state index contributed by atoms with van der Waals surface area (Å²) >= 11 is 3.88. The Hall–Kier alpha value is -0.670. The smallest absolute Gasteiger partial charge is 0.208 e. The van der Waals surface area contributed by atoms with Crippen LogP contribution in [0.2, 0.25) is 0 Å². The van der Waals surface area contributed by atoms with Crippen LogP contribution in [-0.2, 0) is 0 Å². The van der Waals surface area contributed by atoms with E-state index in [1.807, 2.05) is 0 Å². The van der Waals surface area contributed by atoms with E-state index in [-0.39, 0.29) is 0 Å². The summed E-state index contributed by atoms with van der Waals surface area (Å²) in [7, 11) is 0. The monoisotopic (exact) mass is 298 g/mol. The van der Waals surface area contributed by atoms with E-state index in [0.717, 1.165) is 0 Å². The number of alkyl halides is 10. The molecular weight excluding hydrogens is 297 g/mol. The zero-order valence-electron chi connectivity index (χ0n) is 7.23. The van der Waals surface area contributed by atoms with Gasteiger partial charge in [-0.1, -0.05) is 11.6 Å².